The molecule has 0 unspecified atom stereocenters. The van der Waals surface area contributed by atoms with Crippen LogP contribution in [0.4, 0.5) is 0 Å². The highest BCUT2D eigenvalue weighted by Gasteiger charge is 2.12. The lowest BCUT2D eigenvalue weighted by Crippen LogP contribution is -2.05. The third-order valence-corrected chi connectivity index (χ3v) is 3.29. The van der Waals surface area contributed by atoms with Crippen LogP contribution < -0.4 is 5.63 Å². The quantitative estimate of drug-likeness (QED) is 0.775. The maximum atomic E-state index is 12.1. The Balaban J connectivity index is 2.36. The second kappa shape index (κ2) is 4.90. The van der Waals surface area contributed by atoms with Crippen LogP contribution in [0.15, 0.2) is 51.8 Å². The first-order valence-corrected chi connectivity index (χ1v) is 6.29. The summed E-state index contributed by atoms with van der Waals surface area (Å²) in [5.74, 6) is 0. The van der Waals surface area contributed by atoms with Gasteiger partial charge in [0.1, 0.15) is 0 Å². The Morgan fingerprint density at radius 2 is 2.00 bits per heavy atom. The molecule has 0 amide bonds. The number of aryl methyl sites for hydroxylation is 1. The molecule has 0 fully saturated rings. The molecule has 2 aromatic heterocycles. The summed E-state index contributed by atoms with van der Waals surface area (Å²) in [6.07, 6.45) is 1.60. The zero-order valence-corrected chi connectivity index (χ0v) is 11.0. The van der Waals surface area contributed by atoms with E-state index in [4.69, 9.17) is 4.42 Å². The average molecular weight is 267 g/mol. The van der Waals surface area contributed by atoms with Crippen LogP contribution in [0.1, 0.15) is 11.3 Å². The lowest BCUT2D eigenvalue weighted by molar-refractivity contribution is 0.282. The van der Waals surface area contributed by atoms with E-state index in [1.54, 1.807) is 19.2 Å². The summed E-state index contributed by atoms with van der Waals surface area (Å²) in [6, 6.07) is 11.1. The Kier molecular flexibility index (Phi) is 3.08. The fraction of sp³-hybridized carbons (Fsp3) is 0.125. The number of benzene rings is 1. The molecule has 4 nitrogen and oxygen atoms in total. The summed E-state index contributed by atoms with van der Waals surface area (Å²) < 4.78 is 5.39. The number of hydrogen-bond donors (Lipinski definition) is 1. The summed E-state index contributed by atoms with van der Waals surface area (Å²) >= 11 is 0. The van der Waals surface area contributed by atoms with Crippen LogP contribution in [0, 0.1) is 6.92 Å². The zero-order chi connectivity index (χ0) is 14.1. The molecule has 0 aliphatic heterocycles. The summed E-state index contributed by atoms with van der Waals surface area (Å²) in [7, 11) is 0. The molecule has 0 saturated carbocycles. The van der Waals surface area contributed by atoms with Gasteiger partial charge in [0.2, 0.25) is 0 Å². The Labute approximate surface area is 115 Å². The number of rotatable bonds is 2. The molecule has 0 bridgehead atoms. The molecule has 4 heteroatoms. The van der Waals surface area contributed by atoms with Gasteiger partial charge < -0.3 is 9.52 Å². The van der Waals surface area contributed by atoms with Crippen molar-refractivity contribution in [2.45, 2.75) is 13.5 Å². The maximum absolute atomic E-state index is 12.1. The molecule has 100 valence electrons. The van der Waals surface area contributed by atoms with Gasteiger partial charge in [0.15, 0.2) is 5.58 Å². The number of aliphatic hydroxyl groups excluding tert-OH is 1. The van der Waals surface area contributed by atoms with Crippen molar-refractivity contribution in [3.8, 4) is 11.1 Å². The van der Waals surface area contributed by atoms with Gasteiger partial charge in [-0.1, -0.05) is 30.3 Å². The molecule has 0 atom stereocenters. The molecule has 1 aromatic carbocycles. The molecule has 3 aromatic rings. The van der Waals surface area contributed by atoms with Crippen molar-refractivity contribution >= 4 is 11.0 Å². The minimum Gasteiger partial charge on any atom is -0.420 e. The van der Waals surface area contributed by atoms with Crippen molar-refractivity contribution in [3.05, 3.63) is 64.3 Å². The first-order chi connectivity index (χ1) is 9.70. The number of aliphatic hydroxyl groups is 1. The van der Waals surface area contributed by atoms with Crippen LogP contribution in [0.5, 0.6) is 0 Å². The molecule has 3 rings (SSSR count). The molecule has 0 saturated heterocycles. The van der Waals surface area contributed by atoms with Gasteiger partial charge in [-0.3, -0.25) is 4.98 Å². The van der Waals surface area contributed by atoms with Crippen LogP contribution in [-0.2, 0) is 6.61 Å². The van der Waals surface area contributed by atoms with Gasteiger partial charge in [-0.25, -0.2) is 4.79 Å². The van der Waals surface area contributed by atoms with Gasteiger partial charge in [-0.2, -0.15) is 0 Å². The van der Waals surface area contributed by atoms with Crippen LogP contribution in [0.25, 0.3) is 22.1 Å². The van der Waals surface area contributed by atoms with E-state index in [2.05, 4.69) is 4.98 Å². The average Bonchev–Trinajstić information content (AvgIpc) is 2.49. The molecule has 0 aliphatic carbocycles. The monoisotopic (exact) mass is 267 g/mol. The van der Waals surface area contributed by atoms with Crippen LogP contribution >= 0.6 is 0 Å². The summed E-state index contributed by atoms with van der Waals surface area (Å²) in [5.41, 5.74) is 2.59. The van der Waals surface area contributed by atoms with E-state index in [-0.39, 0.29) is 6.61 Å². The van der Waals surface area contributed by atoms with E-state index in [1.165, 1.54) is 0 Å². The largest absolute Gasteiger partial charge is 0.420 e. The Morgan fingerprint density at radius 1 is 1.25 bits per heavy atom. The zero-order valence-electron chi connectivity index (χ0n) is 11.0. The molecular weight excluding hydrogens is 254 g/mol. The second-order valence-corrected chi connectivity index (χ2v) is 4.58. The predicted octanol–water partition coefficient (Wildman–Crippen LogP) is 2.66. The van der Waals surface area contributed by atoms with Gasteiger partial charge in [0.25, 0.3) is 0 Å². The molecule has 1 N–H and O–H groups in total. The van der Waals surface area contributed by atoms with Gasteiger partial charge in [0.05, 0.1) is 17.9 Å². The van der Waals surface area contributed by atoms with Crippen LogP contribution in [-0.4, -0.2) is 10.1 Å². The maximum Gasteiger partial charge on any atom is 0.344 e. The highest BCUT2D eigenvalue weighted by molar-refractivity contribution is 5.85. The SMILES string of the molecule is Cc1ncc(CO)c2cc(-c3ccccc3)c(=O)oc12. The molecular formula is C16H13NO3. The molecule has 20 heavy (non-hydrogen) atoms. The number of nitrogens with zero attached hydrogens (tertiary/aromatic N) is 1. The van der Waals surface area contributed by atoms with E-state index in [0.29, 0.717) is 22.4 Å². The lowest BCUT2D eigenvalue weighted by Gasteiger charge is -2.07. The van der Waals surface area contributed by atoms with Crippen molar-refractivity contribution in [2.24, 2.45) is 0 Å². The van der Waals surface area contributed by atoms with Gasteiger partial charge >= 0.3 is 5.63 Å². The predicted molar refractivity (Wildman–Crippen MR) is 76.4 cm³/mol. The lowest BCUT2D eigenvalue weighted by atomic mass is 10.0. The third-order valence-electron chi connectivity index (χ3n) is 3.29. The minimum absolute atomic E-state index is 0.147. The normalized spacial score (nSPS) is 10.9. The third kappa shape index (κ3) is 2.00. The minimum atomic E-state index is -0.399. The van der Waals surface area contributed by atoms with E-state index in [1.807, 2.05) is 30.3 Å². The van der Waals surface area contributed by atoms with Crippen molar-refractivity contribution in [1.29, 1.82) is 0 Å². The number of hydrogen-bond acceptors (Lipinski definition) is 4. The fourth-order valence-electron chi connectivity index (χ4n) is 2.23. The van der Waals surface area contributed by atoms with Crippen LogP contribution in [0.2, 0.25) is 0 Å². The highest BCUT2D eigenvalue weighted by atomic mass is 16.4. The number of pyridine rings is 1. The topological polar surface area (TPSA) is 63.3 Å². The highest BCUT2D eigenvalue weighted by Crippen LogP contribution is 2.24. The fourth-order valence-corrected chi connectivity index (χ4v) is 2.23. The number of fused-ring (bicyclic) bond motifs is 1. The summed E-state index contributed by atoms with van der Waals surface area (Å²) in [6.45, 7) is 1.63. The second-order valence-electron chi connectivity index (χ2n) is 4.58. The van der Waals surface area contributed by atoms with Gasteiger partial charge in [0, 0.05) is 17.1 Å². The Bertz CT molecular complexity index is 822. The van der Waals surface area contributed by atoms with E-state index < -0.39 is 5.63 Å². The van der Waals surface area contributed by atoms with Crippen molar-refractivity contribution < 1.29 is 9.52 Å². The van der Waals surface area contributed by atoms with Crippen molar-refractivity contribution in [3.63, 3.8) is 0 Å². The van der Waals surface area contributed by atoms with E-state index >= 15 is 0 Å². The Morgan fingerprint density at radius 3 is 2.70 bits per heavy atom. The van der Waals surface area contributed by atoms with Gasteiger partial charge in [-0.05, 0) is 18.6 Å². The molecule has 0 radical (unpaired) electrons. The molecule has 0 aliphatic rings. The van der Waals surface area contributed by atoms with Crippen molar-refractivity contribution in [2.75, 3.05) is 0 Å². The first-order valence-electron chi connectivity index (χ1n) is 6.29. The first kappa shape index (κ1) is 12.6. The summed E-state index contributed by atoms with van der Waals surface area (Å²) in [5, 5.41) is 10.1. The molecule has 0 spiro atoms. The standard InChI is InChI=1S/C16H13NO3/c1-10-15-13(12(9-18)8-17-10)7-14(16(19)20-15)11-5-3-2-4-6-11/h2-8,18H,9H2,1H3. The number of aromatic nitrogens is 1. The van der Waals surface area contributed by atoms with Gasteiger partial charge in [-0.15, -0.1) is 0 Å². The van der Waals surface area contributed by atoms with Crippen molar-refractivity contribution in [1.82, 2.24) is 4.98 Å². The smallest absolute Gasteiger partial charge is 0.344 e. The van der Waals surface area contributed by atoms with E-state index in [0.717, 1.165) is 10.9 Å². The summed E-state index contributed by atoms with van der Waals surface area (Å²) in [4.78, 5) is 16.3. The Hall–Kier alpha value is -2.46. The van der Waals surface area contributed by atoms with Crippen LogP contribution in [0.3, 0.4) is 0 Å². The van der Waals surface area contributed by atoms with E-state index in [9.17, 15) is 9.90 Å². The molecule has 2 heterocycles.